The van der Waals surface area contributed by atoms with Gasteiger partial charge >= 0.3 is 0 Å². The van der Waals surface area contributed by atoms with E-state index < -0.39 is 11.9 Å². The minimum atomic E-state index is -0.825. The molecule has 0 amide bonds. The van der Waals surface area contributed by atoms with Crippen molar-refractivity contribution in [3.63, 3.8) is 0 Å². The lowest BCUT2D eigenvalue weighted by Crippen LogP contribution is -2.43. The predicted octanol–water partition coefficient (Wildman–Crippen LogP) is 7.04. The first-order valence-corrected chi connectivity index (χ1v) is 12.9. The van der Waals surface area contributed by atoms with Crippen LogP contribution in [0.5, 0.6) is 5.75 Å². The average Bonchev–Trinajstić information content (AvgIpc) is 2.93. The van der Waals surface area contributed by atoms with Crippen molar-refractivity contribution >= 4 is 11.4 Å². The van der Waals surface area contributed by atoms with E-state index in [1.165, 1.54) is 5.56 Å². The molecule has 37 heavy (non-hydrogen) atoms. The summed E-state index contributed by atoms with van der Waals surface area (Å²) in [5.74, 6) is 1.14. The molecular weight excluding hydrogens is 456 g/mol. The molecular formula is C33H36N2O2. The van der Waals surface area contributed by atoms with Crippen LogP contribution in [0.3, 0.4) is 0 Å². The zero-order valence-corrected chi connectivity index (χ0v) is 22.4. The van der Waals surface area contributed by atoms with Crippen molar-refractivity contribution in [2.24, 2.45) is 0 Å². The fraction of sp³-hybridized carbons (Fsp3) is 0.273. The van der Waals surface area contributed by atoms with Gasteiger partial charge in [-0.2, -0.15) is 0 Å². The molecule has 0 aromatic heterocycles. The van der Waals surface area contributed by atoms with E-state index >= 15 is 0 Å². The number of fused-ring (bicyclic) bond motifs is 1. The molecule has 0 radical (unpaired) electrons. The summed E-state index contributed by atoms with van der Waals surface area (Å²) < 4.78 is 13.7. The predicted molar refractivity (Wildman–Crippen MR) is 153 cm³/mol. The Morgan fingerprint density at radius 1 is 0.703 bits per heavy atom. The van der Waals surface area contributed by atoms with E-state index in [1.54, 1.807) is 0 Å². The fourth-order valence-electron chi connectivity index (χ4n) is 5.21. The summed E-state index contributed by atoms with van der Waals surface area (Å²) in [6.07, 6.45) is 0.317. The van der Waals surface area contributed by atoms with Crippen LogP contribution >= 0.6 is 0 Å². The Kier molecular flexibility index (Phi) is 6.94. The monoisotopic (exact) mass is 492 g/mol. The van der Waals surface area contributed by atoms with Crippen molar-refractivity contribution in [3.05, 3.63) is 125 Å². The Bertz CT molecular complexity index is 1300. The topological polar surface area (TPSA) is 24.9 Å². The first kappa shape index (κ1) is 24.9. The van der Waals surface area contributed by atoms with Crippen LogP contribution in [0.1, 0.15) is 41.5 Å². The lowest BCUT2D eigenvalue weighted by molar-refractivity contribution is -0.167. The average molecular weight is 493 g/mol. The standard InChI is InChI=1S/C33H36N2O2/c1-24(25-13-7-6-8-14-25)21-32-36-31-20-10-9-19-30(31)33(37-32,26-15-11-17-28(22-26)34(2)3)27-16-12-18-29(23-27)35(4)5/h6-20,22-24,32H,21H2,1-5H3. The molecule has 4 nitrogen and oxygen atoms in total. The van der Waals surface area contributed by atoms with Crippen LogP contribution in [0.15, 0.2) is 103 Å². The molecule has 0 saturated carbocycles. The highest BCUT2D eigenvalue weighted by Crippen LogP contribution is 2.50. The summed E-state index contributed by atoms with van der Waals surface area (Å²) in [5, 5.41) is 0. The summed E-state index contributed by atoms with van der Waals surface area (Å²) in [4.78, 5) is 4.27. The maximum absolute atomic E-state index is 7.18. The lowest BCUT2D eigenvalue weighted by atomic mass is 9.78. The van der Waals surface area contributed by atoms with Crippen LogP contribution in [0.4, 0.5) is 11.4 Å². The Hall–Kier alpha value is -3.76. The number of para-hydroxylation sites is 1. The Morgan fingerprint density at radius 3 is 1.86 bits per heavy atom. The van der Waals surface area contributed by atoms with Crippen molar-refractivity contribution in [1.29, 1.82) is 0 Å². The Labute approximate surface area is 221 Å². The van der Waals surface area contributed by atoms with Crippen molar-refractivity contribution in [1.82, 2.24) is 0 Å². The Balaban J connectivity index is 1.69. The second-order valence-corrected chi connectivity index (χ2v) is 10.3. The van der Waals surface area contributed by atoms with Gasteiger partial charge < -0.3 is 19.3 Å². The van der Waals surface area contributed by atoms with Crippen LogP contribution in [0.2, 0.25) is 0 Å². The maximum atomic E-state index is 7.18. The van der Waals surface area contributed by atoms with Crippen LogP contribution < -0.4 is 14.5 Å². The molecule has 0 saturated heterocycles. The van der Waals surface area contributed by atoms with Gasteiger partial charge in [0.25, 0.3) is 0 Å². The summed E-state index contributed by atoms with van der Waals surface area (Å²) in [6.45, 7) is 2.24. The molecule has 4 aromatic rings. The SMILES string of the molecule is CC(CC1Oc2ccccc2C(c2cccc(N(C)C)c2)(c2cccc(N(C)C)c2)O1)c1ccccc1. The highest BCUT2D eigenvalue weighted by molar-refractivity contribution is 5.60. The van der Waals surface area contributed by atoms with E-state index in [4.69, 9.17) is 9.47 Å². The Morgan fingerprint density at radius 2 is 1.27 bits per heavy atom. The molecule has 2 unspecified atom stereocenters. The fourth-order valence-corrected chi connectivity index (χ4v) is 5.21. The molecule has 5 rings (SSSR count). The number of rotatable bonds is 7. The van der Waals surface area contributed by atoms with Gasteiger partial charge in [-0.3, -0.25) is 0 Å². The van der Waals surface area contributed by atoms with Crippen LogP contribution in [0, 0.1) is 0 Å². The number of anilines is 2. The molecule has 0 spiro atoms. The number of nitrogens with zero attached hydrogens (tertiary/aromatic N) is 2. The number of hydrogen-bond acceptors (Lipinski definition) is 4. The van der Waals surface area contributed by atoms with Gasteiger partial charge in [-0.15, -0.1) is 0 Å². The third-order valence-corrected chi connectivity index (χ3v) is 7.29. The van der Waals surface area contributed by atoms with Gasteiger partial charge in [-0.25, -0.2) is 0 Å². The smallest absolute Gasteiger partial charge is 0.202 e. The minimum absolute atomic E-state index is 0.274. The second kappa shape index (κ2) is 10.3. The van der Waals surface area contributed by atoms with Gasteiger partial charge in [0.05, 0.1) is 0 Å². The van der Waals surface area contributed by atoms with Gasteiger partial charge in [0.1, 0.15) is 5.75 Å². The number of ether oxygens (including phenoxy) is 2. The zero-order valence-electron chi connectivity index (χ0n) is 22.4. The summed E-state index contributed by atoms with van der Waals surface area (Å²) in [7, 11) is 8.28. The highest BCUT2D eigenvalue weighted by Gasteiger charge is 2.46. The quantitative estimate of drug-likeness (QED) is 0.276. The molecule has 2 atom stereocenters. The first-order chi connectivity index (χ1) is 17.9. The molecule has 0 aliphatic carbocycles. The summed E-state index contributed by atoms with van der Waals surface area (Å²) in [5.41, 5.74) is 5.90. The highest BCUT2D eigenvalue weighted by atomic mass is 16.7. The number of hydrogen-bond donors (Lipinski definition) is 0. The van der Waals surface area contributed by atoms with Crippen molar-refractivity contribution in [2.75, 3.05) is 38.0 Å². The van der Waals surface area contributed by atoms with Crippen LogP contribution in [-0.4, -0.2) is 34.5 Å². The van der Waals surface area contributed by atoms with E-state index in [9.17, 15) is 0 Å². The van der Waals surface area contributed by atoms with Gasteiger partial charge in [0, 0.05) is 51.5 Å². The van der Waals surface area contributed by atoms with Crippen molar-refractivity contribution in [3.8, 4) is 5.75 Å². The van der Waals surface area contributed by atoms with Gasteiger partial charge in [-0.05, 0) is 52.9 Å². The van der Waals surface area contributed by atoms with Crippen molar-refractivity contribution in [2.45, 2.75) is 31.2 Å². The van der Waals surface area contributed by atoms with E-state index in [0.717, 1.165) is 40.2 Å². The second-order valence-electron chi connectivity index (χ2n) is 10.3. The molecule has 0 fully saturated rings. The zero-order chi connectivity index (χ0) is 26.0. The normalized spacial score (nSPS) is 16.8. The maximum Gasteiger partial charge on any atom is 0.202 e. The van der Waals surface area contributed by atoms with Gasteiger partial charge in [0.2, 0.25) is 6.29 Å². The molecule has 1 aliphatic heterocycles. The third kappa shape index (κ3) is 4.82. The molecule has 1 aliphatic rings. The van der Waals surface area contributed by atoms with E-state index in [-0.39, 0.29) is 5.92 Å². The van der Waals surface area contributed by atoms with E-state index in [2.05, 4.69) is 142 Å². The summed E-state index contributed by atoms with van der Waals surface area (Å²) in [6, 6.07) is 36.2. The van der Waals surface area contributed by atoms with Crippen LogP contribution in [0.25, 0.3) is 0 Å². The van der Waals surface area contributed by atoms with E-state index in [1.807, 2.05) is 6.07 Å². The van der Waals surface area contributed by atoms with Crippen molar-refractivity contribution < 1.29 is 9.47 Å². The molecule has 4 heteroatoms. The molecule has 0 bridgehead atoms. The molecule has 0 N–H and O–H groups in total. The van der Waals surface area contributed by atoms with Gasteiger partial charge in [0.15, 0.2) is 5.60 Å². The summed E-state index contributed by atoms with van der Waals surface area (Å²) >= 11 is 0. The number of benzene rings is 4. The molecule has 4 aromatic carbocycles. The third-order valence-electron chi connectivity index (χ3n) is 7.29. The van der Waals surface area contributed by atoms with Crippen LogP contribution in [-0.2, 0) is 10.3 Å². The van der Waals surface area contributed by atoms with Gasteiger partial charge in [-0.1, -0.05) is 79.7 Å². The molecule has 190 valence electrons. The van der Waals surface area contributed by atoms with E-state index in [0.29, 0.717) is 0 Å². The lowest BCUT2D eigenvalue weighted by Gasteiger charge is -2.44. The first-order valence-electron chi connectivity index (χ1n) is 12.9. The largest absolute Gasteiger partial charge is 0.464 e. The minimum Gasteiger partial charge on any atom is -0.464 e. The molecule has 1 heterocycles.